The van der Waals surface area contributed by atoms with Crippen LogP contribution in [0.25, 0.3) is 0 Å². The lowest BCUT2D eigenvalue weighted by Crippen LogP contribution is -2.17. The fourth-order valence-corrected chi connectivity index (χ4v) is 2.55. The van der Waals surface area contributed by atoms with Crippen LogP contribution in [0.3, 0.4) is 0 Å². The first-order chi connectivity index (χ1) is 7.25. The lowest BCUT2D eigenvalue weighted by atomic mass is 10.3. The van der Waals surface area contributed by atoms with Gasteiger partial charge in [-0.15, -0.1) is 22.7 Å². The molecular formula is C10H13N3S2. The standard InChI is InChI=1S/C10H13N3S2/c1-7(10-4-11-6-15-10)12-3-9-5-14-8(2)13-9/h4-7,12H,3H2,1-2H3. The van der Waals surface area contributed by atoms with Crippen LogP contribution in [0.4, 0.5) is 0 Å². The predicted octanol–water partition coefficient (Wildman–Crippen LogP) is 2.76. The van der Waals surface area contributed by atoms with Crippen LogP contribution in [0, 0.1) is 6.92 Å². The second-order valence-electron chi connectivity index (χ2n) is 3.36. The highest BCUT2D eigenvalue weighted by molar-refractivity contribution is 7.09. The Kier molecular flexibility index (Phi) is 3.45. The van der Waals surface area contributed by atoms with Gasteiger partial charge in [0.05, 0.1) is 16.2 Å². The van der Waals surface area contributed by atoms with Crippen LogP contribution in [-0.2, 0) is 6.54 Å². The van der Waals surface area contributed by atoms with Gasteiger partial charge in [0.25, 0.3) is 0 Å². The molecule has 0 saturated carbocycles. The highest BCUT2D eigenvalue weighted by Crippen LogP contribution is 2.17. The van der Waals surface area contributed by atoms with Gasteiger partial charge in [0.15, 0.2) is 0 Å². The van der Waals surface area contributed by atoms with Gasteiger partial charge in [0.2, 0.25) is 0 Å². The molecule has 5 heteroatoms. The molecule has 0 aromatic carbocycles. The molecule has 0 radical (unpaired) electrons. The molecule has 80 valence electrons. The first-order valence-corrected chi connectivity index (χ1v) is 6.54. The molecule has 1 atom stereocenters. The summed E-state index contributed by atoms with van der Waals surface area (Å²) < 4.78 is 0. The van der Waals surface area contributed by atoms with E-state index in [9.17, 15) is 0 Å². The van der Waals surface area contributed by atoms with Crippen LogP contribution in [0.15, 0.2) is 17.1 Å². The second-order valence-corrected chi connectivity index (χ2v) is 5.34. The van der Waals surface area contributed by atoms with Gasteiger partial charge in [-0.2, -0.15) is 0 Å². The van der Waals surface area contributed by atoms with E-state index in [4.69, 9.17) is 0 Å². The predicted molar refractivity (Wildman–Crippen MR) is 64.2 cm³/mol. The fraction of sp³-hybridized carbons (Fsp3) is 0.400. The van der Waals surface area contributed by atoms with E-state index >= 15 is 0 Å². The minimum Gasteiger partial charge on any atom is -0.304 e. The summed E-state index contributed by atoms with van der Waals surface area (Å²) in [4.78, 5) is 9.74. The smallest absolute Gasteiger partial charge is 0.0897 e. The van der Waals surface area contributed by atoms with Crippen molar-refractivity contribution in [1.29, 1.82) is 0 Å². The Balaban J connectivity index is 1.88. The van der Waals surface area contributed by atoms with Gasteiger partial charge in [0, 0.05) is 29.0 Å². The van der Waals surface area contributed by atoms with Crippen molar-refractivity contribution in [1.82, 2.24) is 15.3 Å². The van der Waals surface area contributed by atoms with E-state index in [-0.39, 0.29) is 0 Å². The van der Waals surface area contributed by atoms with Crippen molar-refractivity contribution in [3.8, 4) is 0 Å². The van der Waals surface area contributed by atoms with E-state index in [0.29, 0.717) is 6.04 Å². The molecule has 0 aliphatic rings. The Morgan fingerprint density at radius 3 is 2.93 bits per heavy atom. The van der Waals surface area contributed by atoms with Crippen LogP contribution >= 0.6 is 22.7 Å². The average Bonchev–Trinajstić information content (AvgIpc) is 2.84. The number of aromatic nitrogens is 2. The molecule has 2 heterocycles. The van der Waals surface area contributed by atoms with E-state index in [1.54, 1.807) is 22.7 Å². The number of nitrogens with one attached hydrogen (secondary N) is 1. The molecule has 1 unspecified atom stereocenters. The monoisotopic (exact) mass is 239 g/mol. The van der Waals surface area contributed by atoms with E-state index in [1.165, 1.54) is 4.88 Å². The maximum absolute atomic E-state index is 4.41. The van der Waals surface area contributed by atoms with Gasteiger partial charge in [-0.1, -0.05) is 0 Å². The van der Waals surface area contributed by atoms with Crippen molar-refractivity contribution in [3.63, 3.8) is 0 Å². The zero-order chi connectivity index (χ0) is 10.7. The molecule has 0 fully saturated rings. The Labute approximate surface area is 97.2 Å². The second kappa shape index (κ2) is 4.83. The number of nitrogens with zero attached hydrogens (tertiary/aromatic N) is 2. The van der Waals surface area contributed by atoms with E-state index in [1.807, 2.05) is 18.6 Å². The van der Waals surface area contributed by atoms with Crippen molar-refractivity contribution in [3.05, 3.63) is 32.7 Å². The van der Waals surface area contributed by atoms with Crippen LogP contribution in [0.5, 0.6) is 0 Å². The summed E-state index contributed by atoms with van der Waals surface area (Å²) in [5.41, 5.74) is 2.98. The minimum absolute atomic E-state index is 0.347. The first kappa shape index (κ1) is 10.7. The third-order valence-electron chi connectivity index (χ3n) is 2.13. The summed E-state index contributed by atoms with van der Waals surface area (Å²) in [5.74, 6) is 0. The summed E-state index contributed by atoms with van der Waals surface area (Å²) in [6, 6.07) is 0.347. The lowest BCUT2D eigenvalue weighted by Gasteiger charge is -2.09. The topological polar surface area (TPSA) is 37.8 Å². The number of hydrogen-bond donors (Lipinski definition) is 1. The molecule has 1 N–H and O–H groups in total. The van der Waals surface area contributed by atoms with Crippen LogP contribution in [-0.4, -0.2) is 9.97 Å². The van der Waals surface area contributed by atoms with Gasteiger partial charge in [0.1, 0.15) is 0 Å². The zero-order valence-electron chi connectivity index (χ0n) is 8.73. The number of aryl methyl sites for hydroxylation is 1. The van der Waals surface area contributed by atoms with Crippen LogP contribution in [0.1, 0.15) is 28.5 Å². The summed E-state index contributed by atoms with van der Waals surface area (Å²) in [7, 11) is 0. The maximum Gasteiger partial charge on any atom is 0.0897 e. The normalized spacial score (nSPS) is 12.9. The Hall–Kier alpha value is -0.780. The minimum atomic E-state index is 0.347. The molecule has 0 saturated heterocycles. The number of hydrogen-bond acceptors (Lipinski definition) is 5. The van der Waals surface area contributed by atoms with Gasteiger partial charge in [-0.25, -0.2) is 4.98 Å². The quantitative estimate of drug-likeness (QED) is 0.891. The Morgan fingerprint density at radius 2 is 2.33 bits per heavy atom. The van der Waals surface area contributed by atoms with Crippen molar-refractivity contribution in [2.75, 3.05) is 0 Å². The maximum atomic E-state index is 4.41. The molecule has 0 aliphatic carbocycles. The summed E-state index contributed by atoms with van der Waals surface area (Å²) in [6.45, 7) is 5.00. The van der Waals surface area contributed by atoms with E-state index < -0.39 is 0 Å². The molecule has 0 spiro atoms. The zero-order valence-corrected chi connectivity index (χ0v) is 10.4. The van der Waals surface area contributed by atoms with Gasteiger partial charge >= 0.3 is 0 Å². The van der Waals surface area contributed by atoms with Crippen molar-refractivity contribution >= 4 is 22.7 Å². The third kappa shape index (κ3) is 2.84. The van der Waals surface area contributed by atoms with E-state index in [0.717, 1.165) is 17.2 Å². The van der Waals surface area contributed by atoms with Crippen LogP contribution in [0.2, 0.25) is 0 Å². The highest BCUT2D eigenvalue weighted by Gasteiger charge is 2.06. The Morgan fingerprint density at radius 1 is 1.47 bits per heavy atom. The van der Waals surface area contributed by atoms with E-state index in [2.05, 4.69) is 27.6 Å². The number of thiazole rings is 2. The van der Waals surface area contributed by atoms with Crippen LogP contribution < -0.4 is 5.32 Å². The molecule has 3 nitrogen and oxygen atoms in total. The van der Waals surface area contributed by atoms with Crippen molar-refractivity contribution in [2.24, 2.45) is 0 Å². The highest BCUT2D eigenvalue weighted by atomic mass is 32.1. The lowest BCUT2D eigenvalue weighted by molar-refractivity contribution is 0.576. The van der Waals surface area contributed by atoms with Crippen molar-refractivity contribution < 1.29 is 0 Å². The number of rotatable bonds is 4. The Bertz CT molecular complexity index is 408. The molecule has 0 bridgehead atoms. The SMILES string of the molecule is Cc1nc(CNC(C)c2cncs2)cs1. The van der Waals surface area contributed by atoms with Gasteiger partial charge < -0.3 is 5.32 Å². The summed E-state index contributed by atoms with van der Waals surface area (Å²) in [5, 5.41) is 6.65. The molecule has 15 heavy (non-hydrogen) atoms. The summed E-state index contributed by atoms with van der Waals surface area (Å²) >= 11 is 3.37. The van der Waals surface area contributed by atoms with Gasteiger partial charge in [-0.3, -0.25) is 4.98 Å². The average molecular weight is 239 g/mol. The molecule has 2 aromatic heterocycles. The molecule has 0 amide bonds. The van der Waals surface area contributed by atoms with Gasteiger partial charge in [-0.05, 0) is 13.8 Å². The third-order valence-corrected chi connectivity index (χ3v) is 3.91. The summed E-state index contributed by atoms with van der Waals surface area (Å²) in [6.07, 6.45) is 1.91. The molecule has 2 aromatic rings. The molecular weight excluding hydrogens is 226 g/mol. The fourth-order valence-electron chi connectivity index (χ4n) is 1.29. The largest absolute Gasteiger partial charge is 0.304 e. The molecule has 0 aliphatic heterocycles. The van der Waals surface area contributed by atoms with Crippen molar-refractivity contribution in [2.45, 2.75) is 26.4 Å². The first-order valence-electron chi connectivity index (χ1n) is 4.78. The molecule has 2 rings (SSSR count).